The Morgan fingerprint density at radius 2 is 1.76 bits per heavy atom. The SMILES string of the molecule is Cc1cc(C(=O)Nc2cccc(Cc3ccc4c(c3)C(C=Nc3ccc(N5CCN(C)CC5)cc3)C(=O)N4)c2)n(C)n1. The number of amides is 2. The molecular weight excluding hydrogens is 526 g/mol. The van der Waals surface area contributed by atoms with Crippen LogP contribution in [-0.4, -0.2) is 65.9 Å². The van der Waals surface area contributed by atoms with E-state index in [1.165, 1.54) is 5.69 Å². The highest BCUT2D eigenvalue weighted by Gasteiger charge is 2.29. The summed E-state index contributed by atoms with van der Waals surface area (Å²) in [6.07, 6.45) is 2.40. The van der Waals surface area contributed by atoms with Crippen LogP contribution in [0.4, 0.5) is 22.7 Å². The van der Waals surface area contributed by atoms with Crippen LogP contribution in [0.5, 0.6) is 0 Å². The molecule has 2 amide bonds. The number of aromatic nitrogens is 2. The highest BCUT2D eigenvalue weighted by Crippen LogP contribution is 2.33. The van der Waals surface area contributed by atoms with E-state index in [9.17, 15) is 9.59 Å². The summed E-state index contributed by atoms with van der Waals surface area (Å²) in [4.78, 5) is 35.0. The van der Waals surface area contributed by atoms with E-state index in [1.54, 1.807) is 24.0 Å². The molecule has 4 aromatic rings. The van der Waals surface area contributed by atoms with Gasteiger partial charge in [-0.1, -0.05) is 24.3 Å². The van der Waals surface area contributed by atoms with Gasteiger partial charge in [0, 0.05) is 56.5 Å². The predicted molar refractivity (Wildman–Crippen MR) is 167 cm³/mol. The van der Waals surface area contributed by atoms with Gasteiger partial charge in [-0.2, -0.15) is 5.10 Å². The van der Waals surface area contributed by atoms with Crippen LogP contribution < -0.4 is 15.5 Å². The lowest BCUT2D eigenvalue weighted by atomic mass is 9.96. The number of nitrogens with one attached hydrogen (secondary N) is 2. The van der Waals surface area contributed by atoms with Crippen molar-refractivity contribution in [2.45, 2.75) is 19.3 Å². The smallest absolute Gasteiger partial charge is 0.273 e. The van der Waals surface area contributed by atoms with Crippen molar-refractivity contribution < 1.29 is 9.59 Å². The molecule has 0 radical (unpaired) electrons. The van der Waals surface area contributed by atoms with Gasteiger partial charge in [0.1, 0.15) is 11.6 Å². The zero-order valence-corrected chi connectivity index (χ0v) is 24.2. The number of fused-ring (bicyclic) bond motifs is 1. The van der Waals surface area contributed by atoms with Crippen molar-refractivity contribution in [1.82, 2.24) is 14.7 Å². The van der Waals surface area contributed by atoms with Gasteiger partial charge in [0.25, 0.3) is 5.91 Å². The quantitative estimate of drug-likeness (QED) is 0.317. The van der Waals surface area contributed by atoms with Crippen LogP contribution in [0, 0.1) is 6.92 Å². The molecule has 42 heavy (non-hydrogen) atoms. The molecule has 6 rings (SSSR count). The summed E-state index contributed by atoms with van der Waals surface area (Å²) >= 11 is 0. The van der Waals surface area contributed by atoms with Crippen LogP contribution in [0.3, 0.4) is 0 Å². The minimum absolute atomic E-state index is 0.0740. The van der Waals surface area contributed by atoms with Crippen LogP contribution in [0.2, 0.25) is 0 Å². The average Bonchev–Trinajstić information content (AvgIpc) is 3.49. The summed E-state index contributed by atoms with van der Waals surface area (Å²) in [7, 11) is 3.91. The van der Waals surface area contributed by atoms with Crippen LogP contribution in [0.1, 0.15) is 38.8 Å². The Kier molecular flexibility index (Phi) is 7.58. The number of anilines is 3. The summed E-state index contributed by atoms with van der Waals surface area (Å²) in [5.41, 5.74) is 7.91. The number of nitrogens with zero attached hydrogens (tertiary/aromatic N) is 5. The number of carbonyl (C=O) groups excluding carboxylic acids is 2. The van der Waals surface area contributed by atoms with Crippen molar-refractivity contribution in [3.05, 3.63) is 101 Å². The van der Waals surface area contributed by atoms with E-state index in [-0.39, 0.29) is 11.8 Å². The van der Waals surface area contributed by atoms with E-state index in [4.69, 9.17) is 0 Å². The lowest BCUT2D eigenvalue weighted by molar-refractivity contribution is -0.115. The van der Waals surface area contributed by atoms with E-state index in [0.717, 1.165) is 65.6 Å². The fourth-order valence-corrected chi connectivity index (χ4v) is 5.58. The summed E-state index contributed by atoms with van der Waals surface area (Å²) in [6, 6.07) is 23.9. The Morgan fingerprint density at radius 3 is 2.50 bits per heavy atom. The molecule has 0 bridgehead atoms. The standard InChI is InChI=1S/C33H35N7O2/c1-22-17-31(39(3)37-22)33(42)35-26-6-4-5-23(19-26)18-24-7-12-30-28(20-24)29(32(41)36-30)21-34-25-8-10-27(11-9-25)40-15-13-38(2)14-16-40/h4-12,17,19-21,29H,13-16,18H2,1-3H3,(H,35,42)(H,36,41). The third kappa shape index (κ3) is 5.96. The molecule has 2 aliphatic rings. The van der Waals surface area contributed by atoms with Crippen LogP contribution in [0.25, 0.3) is 0 Å². The minimum atomic E-state index is -0.453. The Bertz CT molecular complexity index is 1650. The first-order chi connectivity index (χ1) is 20.3. The molecule has 2 aliphatic heterocycles. The third-order valence-corrected chi connectivity index (χ3v) is 7.91. The fraction of sp³-hybridized carbons (Fsp3) is 0.273. The summed E-state index contributed by atoms with van der Waals surface area (Å²) in [5, 5.41) is 10.2. The zero-order valence-electron chi connectivity index (χ0n) is 24.2. The molecule has 2 N–H and O–H groups in total. The Morgan fingerprint density at radius 1 is 1.00 bits per heavy atom. The Hall–Kier alpha value is -4.76. The maximum absolute atomic E-state index is 12.8. The molecule has 9 heteroatoms. The van der Waals surface area contributed by atoms with Gasteiger partial charge < -0.3 is 20.4 Å². The first-order valence-corrected chi connectivity index (χ1v) is 14.2. The lowest BCUT2D eigenvalue weighted by Gasteiger charge is -2.34. The van der Waals surface area contributed by atoms with E-state index in [2.05, 4.69) is 55.8 Å². The first-order valence-electron chi connectivity index (χ1n) is 14.2. The number of rotatable bonds is 7. The van der Waals surface area contributed by atoms with Gasteiger partial charge >= 0.3 is 0 Å². The molecule has 214 valence electrons. The second-order valence-corrected chi connectivity index (χ2v) is 11.1. The summed E-state index contributed by atoms with van der Waals surface area (Å²) < 4.78 is 1.58. The fourth-order valence-electron chi connectivity index (χ4n) is 5.58. The van der Waals surface area contributed by atoms with Gasteiger partial charge in [0.15, 0.2) is 0 Å². The number of piperazine rings is 1. The van der Waals surface area contributed by atoms with Gasteiger partial charge in [-0.15, -0.1) is 0 Å². The van der Waals surface area contributed by atoms with Gasteiger partial charge in [0.05, 0.1) is 11.4 Å². The van der Waals surface area contributed by atoms with Crippen molar-refractivity contribution in [2.75, 3.05) is 48.8 Å². The predicted octanol–water partition coefficient (Wildman–Crippen LogP) is 4.76. The largest absolute Gasteiger partial charge is 0.369 e. The topological polar surface area (TPSA) is 94.9 Å². The molecule has 0 aliphatic carbocycles. The van der Waals surface area contributed by atoms with Crippen molar-refractivity contribution >= 4 is 40.8 Å². The lowest BCUT2D eigenvalue weighted by Crippen LogP contribution is -2.44. The number of aryl methyl sites for hydroxylation is 2. The third-order valence-electron chi connectivity index (χ3n) is 7.91. The van der Waals surface area contributed by atoms with Crippen molar-refractivity contribution in [1.29, 1.82) is 0 Å². The van der Waals surface area contributed by atoms with Gasteiger partial charge in [-0.25, -0.2) is 0 Å². The molecule has 9 nitrogen and oxygen atoms in total. The molecule has 3 aromatic carbocycles. The molecule has 1 aromatic heterocycles. The average molecular weight is 562 g/mol. The highest BCUT2D eigenvalue weighted by molar-refractivity contribution is 6.12. The Labute approximate surface area is 245 Å². The molecule has 0 spiro atoms. The molecule has 1 unspecified atom stereocenters. The van der Waals surface area contributed by atoms with Gasteiger partial charge in [-0.3, -0.25) is 19.3 Å². The van der Waals surface area contributed by atoms with E-state index in [0.29, 0.717) is 12.1 Å². The number of hydrogen-bond donors (Lipinski definition) is 2. The van der Waals surface area contributed by atoms with Crippen LogP contribution in [0.15, 0.2) is 77.8 Å². The van der Waals surface area contributed by atoms with Crippen molar-refractivity contribution in [3.63, 3.8) is 0 Å². The molecule has 1 saturated heterocycles. The zero-order chi connectivity index (χ0) is 29.2. The van der Waals surface area contributed by atoms with E-state index < -0.39 is 5.92 Å². The number of likely N-dealkylation sites (N-methyl/N-ethyl adjacent to an activating group) is 1. The van der Waals surface area contributed by atoms with Gasteiger partial charge in [0.2, 0.25) is 5.91 Å². The summed E-state index contributed by atoms with van der Waals surface area (Å²) in [6.45, 7) is 6.02. The van der Waals surface area contributed by atoms with Gasteiger partial charge in [-0.05, 0) is 85.6 Å². The normalized spacial score (nSPS) is 17.0. The molecule has 1 atom stereocenters. The molecule has 1 fully saturated rings. The highest BCUT2D eigenvalue weighted by atomic mass is 16.2. The van der Waals surface area contributed by atoms with Crippen LogP contribution >= 0.6 is 0 Å². The minimum Gasteiger partial charge on any atom is -0.369 e. The number of carbonyl (C=O) groups is 2. The Balaban J connectivity index is 1.14. The second-order valence-electron chi connectivity index (χ2n) is 11.1. The summed E-state index contributed by atoms with van der Waals surface area (Å²) in [5.74, 6) is -0.728. The second kappa shape index (κ2) is 11.6. The van der Waals surface area contributed by atoms with Crippen LogP contribution in [-0.2, 0) is 18.3 Å². The first kappa shape index (κ1) is 27.4. The molecule has 0 saturated carbocycles. The maximum atomic E-state index is 12.8. The number of benzene rings is 3. The monoisotopic (exact) mass is 561 g/mol. The van der Waals surface area contributed by atoms with Crippen molar-refractivity contribution in [2.24, 2.45) is 12.0 Å². The number of aliphatic imine (C=N–C) groups is 1. The van der Waals surface area contributed by atoms with E-state index in [1.807, 2.05) is 55.5 Å². The number of hydrogen-bond acceptors (Lipinski definition) is 6. The molecular formula is C33H35N7O2. The van der Waals surface area contributed by atoms with Crippen molar-refractivity contribution in [3.8, 4) is 0 Å². The van der Waals surface area contributed by atoms with E-state index >= 15 is 0 Å². The molecule has 3 heterocycles. The maximum Gasteiger partial charge on any atom is 0.273 e.